The van der Waals surface area contributed by atoms with Gasteiger partial charge < -0.3 is 14.8 Å². The number of rotatable bonds is 6. The van der Waals surface area contributed by atoms with E-state index >= 15 is 0 Å². The molecule has 0 fully saturated rings. The third-order valence-electron chi connectivity index (χ3n) is 2.39. The molecule has 0 radical (unpaired) electrons. The molecule has 1 atom stereocenters. The maximum Gasteiger partial charge on any atom is 0.177 e. The minimum atomic E-state index is -0.341. The van der Waals surface area contributed by atoms with Crippen LogP contribution in [0.1, 0.15) is 18.7 Å². The first-order valence-electron chi connectivity index (χ1n) is 5.12. The van der Waals surface area contributed by atoms with E-state index in [1.165, 1.54) is 0 Å². The van der Waals surface area contributed by atoms with Gasteiger partial charge in [0.25, 0.3) is 0 Å². The first-order chi connectivity index (χ1) is 7.65. The highest BCUT2D eigenvalue weighted by atomic mass is 79.9. The standard InChI is InChI=1S/C10H18BrN3O2/c1-5-12-8(10(15-3)16-4)9-7(11)6-13-14(9)2/h6,8,10,12H,5H2,1-4H3. The molecular weight excluding hydrogens is 274 g/mol. The molecule has 16 heavy (non-hydrogen) atoms. The van der Waals surface area contributed by atoms with Crippen molar-refractivity contribution in [3.05, 3.63) is 16.4 Å². The van der Waals surface area contributed by atoms with Gasteiger partial charge in [-0.3, -0.25) is 4.68 Å². The van der Waals surface area contributed by atoms with Gasteiger partial charge in [0.1, 0.15) is 6.04 Å². The van der Waals surface area contributed by atoms with Gasteiger partial charge in [0, 0.05) is 21.3 Å². The third-order valence-corrected chi connectivity index (χ3v) is 3.00. The highest BCUT2D eigenvalue weighted by Gasteiger charge is 2.26. The Balaban J connectivity index is 3.01. The van der Waals surface area contributed by atoms with Crippen LogP contribution in [0, 0.1) is 0 Å². The molecule has 0 saturated heterocycles. The lowest BCUT2D eigenvalue weighted by atomic mass is 10.2. The van der Waals surface area contributed by atoms with Crippen molar-refractivity contribution in [3.63, 3.8) is 0 Å². The quantitative estimate of drug-likeness (QED) is 0.806. The van der Waals surface area contributed by atoms with Crippen LogP contribution in [0.5, 0.6) is 0 Å². The molecule has 1 aromatic rings. The number of hydrogen-bond acceptors (Lipinski definition) is 4. The second-order valence-corrected chi connectivity index (χ2v) is 4.23. The van der Waals surface area contributed by atoms with Crippen molar-refractivity contribution in [2.75, 3.05) is 20.8 Å². The van der Waals surface area contributed by atoms with Crippen LogP contribution in [0.25, 0.3) is 0 Å². The predicted molar refractivity (Wildman–Crippen MR) is 65.1 cm³/mol. The monoisotopic (exact) mass is 291 g/mol. The van der Waals surface area contributed by atoms with Crippen LogP contribution in [0.4, 0.5) is 0 Å². The highest BCUT2D eigenvalue weighted by Crippen LogP contribution is 2.26. The summed E-state index contributed by atoms with van der Waals surface area (Å²) in [6, 6.07) is -0.0538. The Hall–Kier alpha value is -0.430. The van der Waals surface area contributed by atoms with Crippen molar-refractivity contribution in [1.82, 2.24) is 15.1 Å². The van der Waals surface area contributed by atoms with Crippen molar-refractivity contribution in [1.29, 1.82) is 0 Å². The third kappa shape index (κ3) is 2.82. The number of methoxy groups -OCH3 is 2. The van der Waals surface area contributed by atoms with Gasteiger partial charge in [-0.1, -0.05) is 6.92 Å². The van der Waals surface area contributed by atoms with Gasteiger partial charge in [-0.2, -0.15) is 5.10 Å². The number of aromatic nitrogens is 2. The summed E-state index contributed by atoms with van der Waals surface area (Å²) < 4.78 is 13.4. The molecular formula is C10H18BrN3O2. The number of aryl methyl sites for hydroxylation is 1. The molecule has 1 heterocycles. The van der Waals surface area contributed by atoms with E-state index in [0.717, 1.165) is 16.7 Å². The largest absolute Gasteiger partial charge is 0.354 e. The molecule has 1 aromatic heterocycles. The summed E-state index contributed by atoms with van der Waals surface area (Å²) in [6.07, 6.45) is 1.42. The van der Waals surface area contributed by atoms with E-state index < -0.39 is 0 Å². The summed E-state index contributed by atoms with van der Waals surface area (Å²) in [7, 11) is 5.15. The second kappa shape index (κ2) is 6.34. The van der Waals surface area contributed by atoms with E-state index in [1.807, 2.05) is 18.7 Å². The molecule has 0 amide bonds. The van der Waals surface area contributed by atoms with E-state index in [4.69, 9.17) is 9.47 Å². The minimum absolute atomic E-state index is 0.0538. The minimum Gasteiger partial charge on any atom is -0.354 e. The Morgan fingerprint density at radius 2 is 2.12 bits per heavy atom. The maximum absolute atomic E-state index is 5.30. The topological polar surface area (TPSA) is 48.3 Å². The number of nitrogens with zero attached hydrogens (tertiary/aromatic N) is 2. The van der Waals surface area contributed by atoms with Gasteiger partial charge in [0.15, 0.2) is 6.29 Å². The number of ether oxygens (including phenoxy) is 2. The fourth-order valence-corrected chi connectivity index (χ4v) is 2.27. The van der Waals surface area contributed by atoms with E-state index in [2.05, 4.69) is 26.3 Å². The Bertz CT molecular complexity index is 306. The van der Waals surface area contributed by atoms with Crippen LogP contribution in [-0.2, 0) is 16.5 Å². The Kier molecular flexibility index (Phi) is 5.40. The van der Waals surface area contributed by atoms with Gasteiger partial charge in [-0.15, -0.1) is 0 Å². The molecule has 1 rings (SSSR count). The second-order valence-electron chi connectivity index (χ2n) is 3.38. The van der Waals surface area contributed by atoms with Gasteiger partial charge in [0.2, 0.25) is 0 Å². The molecule has 0 saturated carbocycles. The summed E-state index contributed by atoms with van der Waals surface area (Å²) >= 11 is 3.48. The molecule has 92 valence electrons. The van der Waals surface area contributed by atoms with Gasteiger partial charge in [-0.25, -0.2) is 0 Å². The lowest BCUT2D eigenvalue weighted by molar-refractivity contribution is -0.125. The van der Waals surface area contributed by atoms with Crippen molar-refractivity contribution in [3.8, 4) is 0 Å². The summed E-state index contributed by atoms with van der Waals surface area (Å²) in [6.45, 7) is 2.87. The molecule has 1 unspecified atom stereocenters. The normalized spacial score (nSPS) is 13.4. The molecule has 0 aliphatic carbocycles. The predicted octanol–water partition coefficient (Wildman–Crippen LogP) is 1.45. The fraction of sp³-hybridized carbons (Fsp3) is 0.700. The molecule has 0 aromatic carbocycles. The van der Waals surface area contributed by atoms with E-state index in [9.17, 15) is 0 Å². The Labute approximate surface area is 104 Å². The van der Waals surface area contributed by atoms with Crippen LogP contribution < -0.4 is 5.32 Å². The Morgan fingerprint density at radius 3 is 2.50 bits per heavy atom. The number of halogens is 1. The molecule has 0 bridgehead atoms. The first-order valence-corrected chi connectivity index (χ1v) is 5.91. The molecule has 0 aliphatic heterocycles. The van der Waals surface area contributed by atoms with Crippen molar-refractivity contribution in [2.45, 2.75) is 19.3 Å². The fourth-order valence-electron chi connectivity index (χ4n) is 1.68. The van der Waals surface area contributed by atoms with Gasteiger partial charge >= 0.3 is 0 Å². The van der Waals surface area contributed by atoms with Crippen LogP contribution in [0.2, 0.25) is 0 Å². The summed E-state index contributed by atoms with van der Waals surface area (Å²) in [4.78, 5) is 0. The molecule has 1 N–H and O–H groups in total. The van der Waals surface area contributed by atoms with Crippen molar-refractivity contribution >= 4 is 15.9 Å². The van der Waals surface area contributed by atoms with Crippen LogP contribution in [-0.4, -0.2) is 36.8 Å². The average Bonchev–Trinajstić information content (AvgIpc) is 2.59. The summed E-state index contributed by atoms with van der Waals surface area (Å²) in [5, 5.41) is 7.52. The SMILES string of the molecule is CCNC(c1c(Br)cnn1C)C(OC)OC. The van der Waals surface area contributed by atoms with Gasteiger partial charge in [-0.05, 0) is 22.5 Å². The number of nitrogens with one attached hydrogen (secondary N) is 1. The molecule has 0 spiro atoms. The van der Waals surface area contributed by atoms with Crippen molar-refractivity contribution in [2.24, 2.45) is 7.05 Å². The smallest absolute Gasteiger partial charge is 0.177 e. The van der Waals surface area contributed by atoms with Gasteiger partial charge in [0.05, 0.1) is 16.4 Å². The first kappa shape index (κ1) is 13.6. The lowest BCUT2D eigenvalue weighted by Crippen LogP contribution is -2.36. The maximum atomic E-state index is 5.30. The number of hydrogen-bond donors (Lipinski definition) is 1. The molecule has 0 aliphatic rings. The average molecular weight is 292 g/mol. The lowest BCUT2D eigenvalue weighted by Gasteiger charge is -2.25. The Morgan fingerprint density at radius 1 is 1.50 bits per heavy atom. The summed E-state index contributed by atoms with van der Waals surface area (Å²) in [5.41, 5.74) is 1.01. The molecule has 6 heteroatoms. The van der Waals surface area contributed by atoms with Crippen LogP contribution >= 0.6 is 15.9 Å². The zero-order valence-corrected chi connectivity index (χ0v) is 11.6. The van der Waals surface area contributed by atoms with Crippen LogP contribution in [0.3, 0.4) is 0 Å². The van der Waals surface area contributed by atoms with E-state index in [1.54, 1.807) is 20.4 Å². The van der Waals surface area contributed by atoms with E-state index in [0.29, 0.717) is 0 Å². The molecule has 5 nitrogen and oxygen atoms in total. The summed E-state index contributed by atoms with van der Waals surface area (Å²) in [5.74, 6) is 0. The number of likely N-dealkylation sites (N-methyl/N-ethyl adjacent to an activating group) is 1. The zero-order chi connectivity index (χ0) is 12.1. The van der Waals surface area contributed by atoms with E-state index in [-0.39, 0.29) is 12.3 Å². The van der Waals surface area contributed by atoms with Crippen LogP contribution in [0.15, 0.2) is 10.7 Å². The van der Waals surface area contributed by atoms with Crippen molar-refractivity contribution < 1.29 is 9.47 Å². The zero-order valence-electron chi connectivity index (χ0n) is 10.0. The highest BCUT2D eigenvalue weighted by molar-refractivity contribution is 9.10.